The summed E-state index contributed by atoms with van der Waals surface area (Å²) in [7, 11) is 0. The molecule has 1 aliphatic rings. The molecule has 0 N–H and O–H groups in total. The Hall–Kier alpha value is -3.73. The Morgan fingerprint density at radius 2 is 1.39 bits per heavy atom. The number of halogens is 4. The molecule has 3 heterocycles. The highest BCUT2D eigenvalue weighted by Crippen LogP contribution is 2.35. The standard InChI is InChI=1S/C25H19BrF3N5O2/c26-20-21(24(36)33-13-11-32(12-14-33)23(35)17-9-5-2-6-10-17)31-34-19(25(27,28)29)15-18(30-22(20)34)16-7-3-1-4-8-16/h1-10,15H,11-14H2. The van der Waals surface area contributed by atoms with Crippen molar-refractivity contribution in [1.29, 1.82) is 0 Å². The van der Waals surface area contributed by atoms with Gasteiger partial charge in [0.05, 0.1) is 10.2 Å². The lowest BCUT2D eigenvalue weighted by atomic mass is 10.1. The average molecular weight is 558 g/mol. The van der Waals surface area contributed by atoms with Crippen molar-refractivity contribution in [3.63, 3.8) is 0 Å². The number of piperazine rings is 1. The fourth-order valence-electron chi connectivity index (χ4n) is 4.11. The third kappa shape index (κ3) is 4.46. The second kappa shape index (κ2) is 9.38. The predicted molar refractivity (Wildman–Crippen MR) is 129 cm³/mol. The van der Waals surface area contributed by atoms with Gasteiger partial charge < -0.3 is 9.80 Å². The summed E-state index contributed by atoms with van der Waals surface area (Å²) in [6.45, 7) is 1.06. The largest absolute Gasteiger partial charge is 0.433 e. The molecule has 36 heavy (non-hydrogen) atoms. The number of carbonyl (C=O) groups excluding carboxylic acids is 2. The van der Waals surface area contributed by atoms with Crippen molar-refractivity contribution < 1.29 is 22.8 Å². The summed E-state index contributed by atoms with van der Waals surface area (Å²) in [5.41, 5.74) is -0.135. The van der Waals surface area contributed by atoms with Crippen LogP contribution in [-0.2, 0) is 6.18 Å². The zero-order chi connectivity index (χ0) is 25.4. The van der Waals surface area contributed by atoms with Gasteiger partial charge in [0.25, 0.3) is 11.8 Å². The van der Waals surface area contributed by atoms with Crippen LogP contribution in [0.1, 0.15) is 26.5 Å². The summed E-state index contributed by atoms with van der Waals surface area (Å²) in [4.78, 5) is 33.4. The van der Waals surface area contributed by atoms with Gasteiger partial charge in [0, 0.05) is 37.3 Å². The zero-order valence-corrected chi connectivity index (χ0v) is 20.3. The van der Waals surface area contributed by atoms with Crippen LogP contribution in [0.15, 0.2) is 71.2 Å². The first kappa shape index (κ1) is 24.0. The lowest BCUT2D eigenvalue weighted by Crippen LogP contribution is -2.50. The first-order valence-corrected chi connectivity index (χ1v) is 11.9. The normalized spacial score (nSPS) is 14.3. The molecule has 2 amide bonds. The van der Waals surface area contributed by atoms with Crippen molar-refractivity contribution in [2.75, 3.05) is 26.2 Å². The minimum absolute atomic E-state index is 0.0820. The van der Waals surface area contributed by atoms with E-state index in [0.717, 1.165) is 6.07 Å². The minimum Gasteiger partial charge on any atom is -0.335 e. The van der Waals surface area contributed by atoms with E-state index in [1.54, 1.807) is 59.5 Å². The molecule has 0 unspecified atom stereocenters. The lowest BCUT2D eigenvalue weighted by Gasteiger charge is -2.34. The van der Waals surface area contributed by atoms with Gasteiger partial charge in [-0.15, -0.1) is 0 Å². The van der Waals surface area contributed by atoms with Gasteiger partial charge in [-0.25, -0.2) is 9.50 Å². The van der Waals surface area contributed by atoms with Gasteiger partial charge in [-0.1, -0.05) is 48.5 Å². The lowest BCUT2D eigenvalue weighted by molar-refractivity contribution is -0.142. The van der Waals surface area contributed by atoms with Crippen LogP contribution in [-0.4, -0.2) is 62.4 Å². The highest BCUT2D eigenvalue weighted by Gasteiger charge is 2.37. The molecule has 0 bridgehead atoms. The molecule has 0 radical (unpaired) electrons. The van der Waals surface area contributed by atoms with Gasteiger partial charge >= 0.3 is 6.18 Å². The molecule has 0 atom stereocenters. The fraction of sp³-hybridized carbons (Fsp3) is 0.200. The molecule has 0 spiro atoms. The number of hydrogen-bond donors (Lipinski definition) is 0. The van der Waals surface area contributed by atoms with Gasteiger partial charge in [0.1, 0.15) is 0 Å². The SMILES string of the molecule is O=C(c1ccccc1)N1CCN(C(=O)c2nn3c(C(F)(F)F)cc(-c4ccccc4)nc3c2Br)CC1. The van der Waals surface area contributed by atoms with Crippen molar-refractivity contribution in [2.24, 2.45) is 0 Å². The molecule has 2 aromatic heterocycles. The molecule has 1 saturated heterocycles. The molecule has 1 fully saturated rings. The van der Waals surface area contributed by atoms with Gasteiger partial charge in [-0.2, -0.15) is 18.3 Å². The molecule has 11 heteroatoms. The molecule has 0 saturated carbocycles. The Morgan fingerprint density at radius 3 is 1.97 bits per heavy atom. The van der Waals surface area contributed by atoms with E-state index in [1.807, 2.05) is 6.07 Å². The second-order valence-corrected chi connectivity index (χ2v) is 9.03. The molecule has 7 nitrogen and oxygen atoms in total. The van der Waals surface area contributed by atoms with Crippen molar-refractivity contribution in [3.05, 3.63) is 88.2 Å². The van der Waals surface area contributed by atoms with Crippen molar-refractivity contribution in [2.45, 2.75) is 6.18 Å². The summed E-state index contributed by atoms with van der Waals surface area (Å²) in [5, 5.41) is 4.01. The maximum atomic E-state index is 13.9. The van der Waals surface area contributed by atoms with E-state index in [0.29, 0.717) is 28.7 Å². The van der Waals surface area contributed by atoms with E-state index in [1.165, 1.54) is 4.90 Å². The molecular formula is C25H19BrF3N5O2. The van der Waals surface area contributed by atoms with Crippen LogP contribution in [0.4, 0.5) is 13.2 Å². The van der Waals surface area contributed by atoms with Crippen LogP contribution >= 0.6 is 15.9 Å². The topological polar surface area (TPSA) is 70.8 Å². The van der Waals surface area contributed by atoms with Crippen LogP contribution < -0.4 is 0 Å². The van der Waals surface area contributed by atoms with E-state index in [4.69, 9.17) is 0 Å². The van der Waals surface area contributed by atoms with Crippen molar-refractivity contribution in [1.82, 2.24) is 24.4 Å². The number of nitrogens with zero attached hydrogens (tertiary/aromatic N) is 5. The monoisotopic (exact) mass is 557 g/mol. The van der Waals surface area contributed by atoms with E-state index in [2.05, 4.69) is 26.0 Å². The van der Waals surface area contributed by atoms with Gasteiger partial charge in [-0.05, 0) is 34.1 Å². The Labute approximate surface area is 212 Å². The van der Waals surface area contributed by atoms with Crippen LogP contribution in [0.2, 0.25) is 0 Å². The number of aromatic nitrogens is 3. The quantitative estimate of drug-likeness (QED) is 0.363. The number of benzene rings is 2. The summed E-state index contributed by atoms with van der Waals surface area (Å²) >= 11 is 3.27. The summed E-state index contributed by atoms with van der Waals surface area (Å²) in [6.07, 6.45) is -4.72. The van der Waals surface area contributed by atoms with Crippen molar-refractivity contribution in [3.8, 4) is 11.3 Å². The number of hydrogen-bond acceptors (Lipinski definition) is 4. The highest BCUT2D eigenvalue weighted by molar-refractivity contribution is 9.10. The van der Waals surface area contributed by atoms with Gasteiger partial charge in [0.15, 0.2) is 17.0 Å². The average Bonchev–Trinajstić information content (AvgIpc) is 3.24. The zero-order valence-electron chi connectivity index (χ0n) is 18.7. The number of rotatable bonds is 3. The summed E-state index contributed by atoms with van der Waals surface area (Å²) < 4.78 is 42.5. The Morgan fingerprint density at radius 1 is 0.833 bits per heavy atom. The van der Waals surface area contributed by atoms with Gasteiger partial charge in [0.2, 0.25) is 0 Å². The third-order valence-corrected chi connectivity index (χ3v) is 6.70. The molecular weight excluding hydrogens is 539 g/mol. The fourth-order valence-corrected chi connectivity index (χ4v) is 4.62. The Balaban J connectivity index is 1.44. The van der Waals surface area contributed by atoms with E-state index >= 15 is 0 Å². The predicted octanol–water partition coefficient (Wildman–Crippen LogP) is 4.78. The van der Waals surface area contributed by atoms with E-state index < -0.39 is 17.8 Å². The minimum atomic E-state index is -4.72. The first-order chi connectivity index (χ1) is 17.2. The molecule has 184 valence electrons. The van der Waals surface area contributed by atoms with Crippen LogP contribution in [0.5, 0.6) is 0 Å². The Kier molecular flexibility index (Phi) is 6.25. The summed E-state index contributed by atoms with van der Waals surface area (Å²) in [6, 6.07) is 18.2. The van der Waals surface area contributed by atoms with E-state index in [-0.39, 0.29) is 40.5 Å². The first-order valence-electron chi connectivity index (χ1n) is 11.1. The second-order valence-electron chi connectivity index (χ2n) is 8.24. The molecule has 2 aromatic carbocycles. The number of alkyl halides is 3. The molecule has 5 rings (SSSR count). The number of carbonyl (C=O) groups is 2. The summed E-state index contributed by atoms with van der Waals surface area (Å²) in [5.74, 6) is -0.669. The number of fused-ring (bicyclic) bond motifs is 1. The highest BCUT2D eigenvalue weighted by atomic mass is 79.9. The third-order valence-electron chi connectivity index (χ3n) is 5.97. The van der Waals surface area contributed by atoms with Crippen LogP contribution in [0.3, 0.4) is 0 Å². The van der Waals surface area contributed by atoms with Crippen LogP contribution in [0.25, 0.3) is 16.9 Å². The molecule has 4 aromatic rings. The molecule has 1 aliphatic heterocycles. The maximum absolute atomic E-state index is 13.9. The van der Waals surface area contributed by atoms with Gasteiger partial charge in [-0.3, -0.25) is 9.59 Å². The van der Waals surface area contributed by atoms with Crippen molar-refractivity contribution >= 4 is 33.4 Å². The van der Waals surface area contributed by atoms with E-state index in [9.17, 15) is 22.8 Å². The molecule has 0 aliphatic carbocycles. The maximum Gasteiger partial charge on any atom is 0.433 e. The van der Waals surface area contributed by atoms with Crippen LogP contribution in [0, 0.1) is 0 Å². The Bertz CT molecular complexity index is 1430. The number of amides is 2. The smallest absolute Gasteiger partial charge is 0.335 e.